The van der Waals surface area contributed by atoms with Gasteiger partial charge in [-0.1, -0.05) is 91.0 Å². The lowest BCUT2D eigenvalue weighted by Crippen LogP contribution is -1.87. The summed E-state index contributed by atoms with van der Waals surface area (Å²) in [5.41, 5.74) is 10.4. The molecule has 1 N–H and O–H groups in total. The van der Waals surface area contributed by atoms with Crippen LogP contribution in [-0.4, -0.2) is 4.98 Å². The Morgan fingerprint density at radius 1 is 0.448 bits per heavy atom. The van der Waals surface area contributed by atoms with Crippen molar-refractivity contribution in [3.05, 3.63) is 97.1 Å². The van der Waals surface area contributed by atoms with E-state index in [2.05, 4.69) is 102 Å². The van der Waals surface area contributed by atoms with E-state index >= 15 is 0 Å². The lowest BCUT2D eigenvalue weighted by atomic mass is 9.90. The van der Waals surface area contributed by atoms with E-state index in [1.165, 1.54) is 66.0 Å². The molecule has 1 heterocycles. The fraction of sp³-hybridized carbons (Fsp3) is 0. The average molecular weight is 367 g/mol. The number of hydrogen-bond acceptors (Lipinski definition) is 0. The second-order valence-electron chi connectivity index (χ2n) is 7.81. The molecular weight excluding hydrogens is 350 g/mol. The third kappa shape index (κ3) is 1.85. The van der Waals surface area contributed by atoms with Crippen LogP contribution in [0.2, 0.25) is 0 Å². The van der Waals surface area contributed by atoms with Crippen molar-refractivity contribution in [2.45, 2.75) is 0 Å². The molecule has 7 rings (SSSR count). The highest BCUT2D eigenvalue weighted by Gasteiger charge is 2.27. The zero-order valence-corrected chi connectivity index (χ0v) is 15.7. The van der Waals surface area contributed by atoms with Crippen LogP contribution in [0.4, 0.5) is 0 Å². The first-order chi connectivity index (χ1) is 14.4. The van der Waals surface area contributed by atoms with Crippen LogP contribution < -0.4 is 0 Å². The molecule has 0 fully saturated rings. The van der Waals surface area contributed by atoms with Crippen molar-refractivity contribution in [1.82, 2.24) is 4.98 Å². The van der Waals surface area contributed by atoms with Crippen molar-refractivity contribution in [2.75, 3.05) is 0 Å². The van der Waals surface area contributed by atoms with Gasteiger partial charge in [0.15, 0.2) is 0 Å². The summed E-state index contributed by atoms with van der Waals surface area (Å²) in [5, 5.41) is 5.31. The summed E-state index contributed by atoms with van der Waals surface area (Å²) in [7, 11) is 0. The summed E-state index contributed by atoms with van der Waals surface area (Å²) in [6.45, 7) is 0. The van der Waals surface area contributed by atoms with E-state index in [0.717, 1.165) is 0 Å². The van der Waals surface area contributed by atoms with Crippen molar-refractivity contribution in [1.29, 1.82) is 0 Å². The zero-order chi connectivity index (χ0) is 18.9. The van der Waals surface area contributed by atoms with Crippen molar-refractivity contribution in [2.24, 2.45) is 0 Å². The maximum Gasteiger partial charge on any atom is 0.0557 e. The highest BCUT2D eigenvalue weighted by Crippen LogP contribution is 2.54. The number of rotatable bonds is 1. The van der Waals surface area contributed by atoms with E-state index in [1.807, 2.05) is 0 Å². The van der Waals surface area contributed by atoms with E-state index in [4.69, 9.17) is 0 Å². The highest BCUT2D eigenvalue weighted by atomic mass is 14.7. The highest BCUT2D eigenvalue weighted by molar-refractivity contribution is 6.32. The van der Waals surface area contributed by atoms with Gasteiger partial charge in [-0.15, -0.1) is 0 Å². The Balaban J connectivity index is 1.83. The molecule has 0 amide bonds. The number of para-hydroxylation sites is 1. The van der Waals surface area contributed by atoms with E-state index in [-0.39, 0.29) is 0 Å². The molecule has 1 aromatic heterocycles. The summed E-state index contributed by atoms with van der Waals surface area (Å²) in [4.78, 5) is 3.77. The minimum absolute atomic E-state index is 1.19. The van der Waals surface area contributed by atoms with E-state index < -0.39 is 0 Å². The Kier molecular flexibility index (Phi) is 2.80. The quantitative estimate of drug-likeness (QED) is 0.305. The molecule has 0 unspecified atom stereocenters. The lowest BCUT2D eigenvalue weighted by Gasteiger charge is -2.13. The SMILES string of the molecule is c1ccc(-c2c3cccc4c3c(c3[nH]c5ccccc5c23)-c2ccccc2-4)cc1. The molecule has 1 nitrogen and oxygen atoms in total. The topological polar surface area (TPSA) is 15.8 Å². The Labute approximate surface area is 168 Å². The number of nitrogens with one attached hydrogen (secondary N) is 1. The number of aromatic nitrogens is 1. The van der Waals surface area contributed by atoms with Gasteiger partial charge >= 0.3 is 0 Å². The Morgan fingerprint density at radius 2 is 1.14 bits per heavy atom. The third-order valence-corrected chi connectivity index (χ3v) is 6.34. The fourth-order valence-electron chi connectivity index (χ4n) is 5.21. The van der Waals surface area contributed by atoms with Crippen LogP contribution in [0, 0.1) is 0 Å². The fourth-order valence-corrected chi connectivity index (χ4v) is 5.21. The molecule has 5 aromatic carbocycles. The van der Waals surface area contributed by atoms with Gasteiger partial charge in [0.25, 0.3) is 0 Å². The van der Waals surface area contributed by atoms with Gasteiger partial charge < -0.3 is 4.98 Å². The average Bonchev–Trinajstić information content (AvgIpc) is 3.32. The van der Waals surface area contributed by atoms with Crippen LogP contribution in [0.1, 0.15) is 0 Å². The summed E-state index contributed by atoms with van der Waals surface area (Å²) in [6, 6.07) is 35.0. The minimum atomic E-state index is 1.19. The third-order valence-electron chi connectivity index (χ3n) is 6.34. The first kappa shape index (κ1) is 15.1. The molecule has 1 aliphatic carbocycles. The summed E-state index contributed by atoms with van der Waals surface area (Å²) >= 11 is 0. The van der Waals surface area contributed by atoms with Crippen LogP contribution in [-0.2, 0) is 0 Å². The maximum atomic E-state index is 3.77. The molecule has 6 aromatic rings. The van der Waals surface area contributed by atoms with E-state index in [1.54, 1.807) is 0 Å². The standard InChI is InChI=1S/C28H17N/c1-2-9-17(10-3-1)24-22-15-8-14-19-18-11-4-5-12-20(18)26(25(19)22)28-27(24)21-13-6-7-16-23(21)29-28/h1-16,29H. The van der Waals surface area contributed by atoms with Gasteiger partial charge in [-0.25, -0.2) is 0 Å². The number of fused-ring (bicyclic) bond motifs is 7. The molecule has 1 heteroatoms. The Bertz CT molecular complexity index is 1590. The summed E-state index contributed by atoms with van der Waals surface area (Å²) in [6.07, 6.45) is 0. The van der Waals surface area contributed by atoms with Gasteiger partial charge in [-0.05, 0) is 39.3 Å². The molecule has 29 heavy (non-hydrogen) atoms. The predicted molar refractivity (Wildman–Crippen MR) is 123 cm³/mol. The molecule has 0 saturated heterocycles. The van der Waals surface area contributed by atoms with Gasteiger partial charge in [0.1, 0.15) is 0 Å². The van der Waals surface area contributed by atoms with E-state index in [0.29, 0.717) is 0 Å². The van der Waals surface area contributed by atoms with Crippen molar-refractivity contribution in [3.63, 3.8) is 0 Å². The number of hydrogen-bond donors (Lipinski definition) is 1. The van der Waals surface area contributed by atoms with Crippen LogP contribution in [0.3, 0.4) is 0 Å². The van der Waals surface area contributed by atoms with Crippen molar-refractivity contribution < 1.29 is 0 Å². The van der Waals surface area contributed by atoms with E-state index in [9.17, 15) is 0 Å². The first-order valence-corrected chi connectivity index (χ1v) is 10.1. The number of aromatic amines is 1. The van der Waals surface area contributed by atoms with Gasteiger partial charge in [0, 0.05) is 27.2 Å². The van der Waals surface area contributed by atoms with Crippen LogP contribution in [0.15, 0.2) is 97.1 Å². The molecule has 0 spiro atoms. The summed E-state index contributed by atoms with van der Waals surface area (Å²) in [5.74, 6) is 0. The van der Waals surface area contributed by atoms with Gasteiger partial charge in [-0.2, -0.15) is 0 Å². The molecule has 0 aliphatic heterocycles. The second kappa shape index (κ2) is 5.36. The normalized spacial score (nSPS) is 12.1. The minimum Gasteiger partial charge on any atom is -0.354 e. The van der Waals surface area contributed by atoms with Gasteiger partial charge in [-0.3, -0.25) is 0 Å². The molecule has 0 radical (unpaired) electrons. The summed E-state index contributed by atoms with van der Waals surface area (Å²) < 4.78 is 0. The number of benzene rings is 5. The molecule has 0 saturated carbocycles. The van der Waals surface area contributed by atoms with Crippen LogP contribution in [0.25, 0.3) is 66.0 Å². The zero-order valence-electron chi connectivity index (χ0n) is 15.7. The molecule has 1 aliphatic rings. The van der Waals surface area contributed by atoms with Crippen molar-refractivity contribution >= 4 is 32.6 Å². The molecule has 0 bridgehead atoms. The second-order valence-corrected chi connectivity index (χ2v) is 7.81. The largest absolute Gasteiger partial charge is 0.354 e. The molecular formula is C28H17N. The van der Waals surface area contributed by atoms with Crippen LogP contribution in [0.5, 0.6) is 0 Å². The lowest BCUT2D eigenvalue weighted by molar-refractivity contribution is 1.55. The molecule has 0 atom stereocenters. The smallest absolute Gasteiger partial charge is 0.0557 e. The van der Waals surface area contributed by atoms with Crippen LogP contribution >= 0.6 is 0 Å². The monoisotopic (exact) mass is 367 g/mol. The molecule has 134 valence electrons. The van der Waals surface area contributed by atoms with Crippen molar-refractivity contribution in [3.8, 4) is 33.4 Å². The Morgan fingerprint density at radius 3 is 2.03 bits per heavy atom. The maximum absolute atomic E-state index is 3.77. The first-order valence-electron chi connectivity index (χ1n) is 10.1. The van der Waals surface area contributed by atoms with Gasteiger partial charge in [0.2, 0.25) is 0 Å². The predicted octanol–water partition coefficient (Wildman–Crippen LogP) is 7.79. The number of H-pyrrole nitrogens is 1. The van der Waals surface area contributed by atoms with Gasteiger partial charge in [0.05, 0.1) is 5.52 Å². The Hall–Kier alpha value is -3.84.